The van der Waals surface area contributed by atoms with E-state index in [0.29, 0.717) is 50.7 Å². The molecule has 0 radical (unpaired) electrons. The van der Waals surface area contributed by atoms with E-state index in [2.05, 4.69) is 4.74 Å². The normalized spacial score (nSPS) is 26.3. The summed E-state index contributed by atoms with van der Waals surface area (Å²) in [4.78, 5) is 59.4. The molecule has 4 atom stereocenters. The van der Waals surface area contributed by atoms with Gasteiger partial charge in [0.1, 0.15) is 17.2 Å². The summed E-state index contributed by atoms with van der Waals surface area (Å²) >= 11 is 4.72. The summed E-state index contributed by atoms with van der Waals surface area (Å²) in [5.41, 5.74) is -1.20. The van der Waals surface area contributed by atoms with Crippen LogP contribution in [0.15, 0.2) is 0 Å². The monoisotopic (exact) mass is 530 g/mol. The van der Waals surface area contributed by atoms with E-state index in [0.717, 1.165) is 25.7 Å². The molecule has 6 fully saturated rings. The summed E-state index contributed by atoms with van der Waals surface area (Å²) < 4.78 is 14.5. The molecule has 10 nitrogen and oxygen atoms in total. The molecule has 4 unspecified atom stereocenters. The lowest BCUT2D eigenvalue weighted by Gasteiger charge is -2.44. The predicted octanol–water partition coefficient (Wildman–Crippen LogP) is 4.55. The maximum Gasteiger partial charge on any atom is 0.410 e. The van der Waals surface area contributed by atoms with Gasteiger partial charge in [0.15, 0.2) is 0 Å². The Kier molecular flexibility index (Phi) is 11.0. The van der Waals surface area contributed by atoms with Crippen LogP contribution in [0.25, 0.3) is 0 Å². The van der Waals surface area contributed by atoms with Crippen molar-refractivity contribution >= 4 is 40.8 Å². The highest BCUT2D eigenvalue weighted by atomic mass is 35.5. The average molecular weight is 531 g/mol. The van der Waals surface area contributed by atoms with E-state index in [4.69, 9.17) is 21.1 Å². The maximum atomic E-state index is 11.9. The Balaban J connectivity index is 0.000000209. The second-order valence-electron chi connectivity index (χ2n) is 10.4. The predicted molar refractivity (Wildman–Crippen MR) is 132 cm³/mol. The molecule has 6 aliphatic rings. The number of piperidine rings is 4. The number of nitrogens with zero attached hydrogens (tertiary/aromatic N) is 2. The Bertz CT molecular complexity index is 827. The molecule has 4 aliphatic heterocycles. The van der Waals surface area contributed by atoms with Crippen molar-refractivity contribution in [3.8, 4) is 0 Å². The topological polar surface area (TPSA) is 120 Å². The zero-order valence-corrected chi connectivity index (χ0v) is 22.7. The van der Waals surface area contributed by atoms with E-state index < -0.39 is 11.0 Å². The first kappa shape index (κ1) is 29.9. The van der Waals surface area contributed by atoms with Gasteiger partial charge >= 0.3 is 17.6 Å². The molecule has 0 N–H and O–H groups in total. The first-order chi connectivity index (χ1) is 16.9. The second kappa shape index (κ2) is 13.3. The van der Waals surface area contributed by atoms with Crippen molar-refractivity contribution in [2.75, 3.05) is 26.3 Å². The van der Waals surface area contributed by atoms with Crippen molar-refractivity contribution in [2.45, 2.75) is 90.8 Å². The average Bonchev–Trinajstić information content (AvgIpc) is 2.79. The number of carbonyl (C=O) groups is 5. The van der Waals surface area contributed by atoms with Crippen LogP contribution in [0.1, 0.15) is 73.1 Å². The number of fused-ring (bicyclic) bond motifs is 6. The highest BCUT2D eigenvalue weighted by Gasteiger charge is 2.43. The van der Waals surface area contributed by atoms with Gasteiger partial charge in [-0.15, -0.1) is 0 Å². The minimum atomic E-state index is -0.738. The second-order valence-corrected chi connectivity index (χ2v) is 10.7. The van der Waals surface area contributed by atoms with Gasteiger partial charge in [-0.25, -0.2) is 14.4 Å². The summed E-state index contributed by atoms with van der Waals surface area (Å²) in [6.07, 6.45) is 4.30. The van der Waals surface area contributed by atoms with Crippen molar-refractivity contribution in [3.05, 3.63) is 0 Å². The fraction of sp³-hybridized carbons (Fsp3) is 0.800. The number of hydrogen-bond acceptors (Lipinski definition) is 8. The Hall–Kier alpha value is -2.36. The van der Waals surface area contributed by atoms with Gasteiger partial charge in [0.25, 0.3) is 0 Å². The van der Waals surface area contributed by atoms with E-state index in [1.54, 1.807) is 23.6 Å². The van der Waals surface area contributed by atoms with Crippen LogP contribution in [0.2, 0.25) is 0 Å². The van der Waals surface area contributed by atoms with Crippen molar-refractivity contribution < 1.29 is 38.2 Å². The lowest BCUT2D eigenvalue weighted by molar-refractivity contribution is -0.132. The Morgan fingerprint density at radius 1 is 0.806 bits per heavy atom. The SMILES string of the molecule is CC(C)(C)OC(=O)N1CC2CCC1CC2=O.CCOC(=O)Cl.CCOC(=O)N1CC2CCC1CC2=O. The van der Waals surface area contributed by atoms with Crippen molar-refractivity contribution in [2.24, 2.45) is 11.8 Å². The maximum absolute atomic E-state index is 11.9. The van der Waals surface area contributed by atoms with E-state index in [1.165, 1.54) is 0 Å². The van der Waals surface area contributed by atoms with Crippen LogP contribution in [0, 0.1) is 11.8 Å². The van der Waals surface area contributed by atoms with Gasteiger partial charge in [0.2, 0.25) is 0 Å². The van der Waals surface area contributed by atoms with Crippen LogP contribution in [0.4, 0.5) is 14.4 Å². The third-order valence-corrected chi connectivity index (χ3v) is 6.69. The molecule has 4 heterocycles. The van der Waals surface area contributed by atoms with Gasteiger partial charge in [-0.3, -0.25) is 9.59 Å². The smallest absolute Gasteiger partial charge is 0.410 e. The van der Waals surface area contributed by atoms with Gasteiger partial charge in [0.05, 0.1) is 13.2 Å². The van der Waals surface area contributed by atoms with E-state index in [-0.39, 0.29) is 36.1 Å². The number of carbonyl (C=O) groups excluding carboxylic acids is 5. The molecule has 2 aliphatic carbocycles. The molecule has 0 spiro atoms. The Morgan fingerprint density at radius 2 is 1.25 bits per heavy atom. The number of rotatable bonds is 2. The van der Waals surface area contributed by atoms with Gasteiger partial charge < -0.3 is 24.0 Å². The molecule has 0 aromatic heterocycles. The number of hydrogen-bond donors (Lipinski definition) is 0. The highest BCUT2D eigenvalue weighted by molar-refractivity contribution is 6.61. The minimum absolute atomic E-state index is 0.0533. The van der Waals surface area contributed by atoms with Gasteiger partial charge in [-0.05, 0) is 60.3 Å². The molecule has 11 heteroatoms. The van der Waals surface area contributed by atoms with Crippen LogP contribution >= 0.6 is 11.6 Å². The molecule has 2 saturated carbocycles. The zero-order valence-electron chi connectivity index (χ0n) is 21.9. The molecule has 2 amide bonds. The van der Waals surface area contributed by atoms with Crippen molar-refractivity contribution in [3.63, 3.8) is 0 Å². The van der Waals surface area contributed by atoms with Gasteiger partial charge in [0, 0.05) is 61.5 Å². The fourth-order valence-electron chi connectivity index (χ4n) is 4.89. The van der Waals surface area contributed by atoms with Gasteiger partial charge in [-0.2, -0.15) is 0 Å². The zero-order chi connectivity index (χ0) is 27.0. The quantitative estimate of drug-likeness (QED) is 0.376. The Morgan fingerprint density at radius 3 is 1.53 bits per heavy atom. The summed E-state index contributed by atoms with van der Waals surface area (Å²) in [5, 5.41) is 0. The van der Waals surface area contributed by atoms with E-state index in [9.17, 15) is 24.0 Å². The first-order valence-corrected chi connectivity index (χ1v) is 13.0. The molecule has 36 heavy (non-hydrogen) atoms. The molecule has 4 bridgehead atoms. The van der Waals surface area contributed by atoms with Crippen LogP contribution in [-0.4, -0.2) is 83.0 Å². The standard InChI is InChI=1S/C12H19NO3.C10H15NO3.C3H5ClO2/c1-12(2,3)16-11(15)13-7-8-4-5-9(13)6-10(8)14;1-2-14-10(13)11-6-7-3-4-8(11)5-9(7)12;1-2-6-3(4)5/h8-9H,4-7H2,1-3H3;7-8H,2-6H2,1H3;2H2,1H3. The lowest BCUT2D eigenvalue weighted by atomic mass is 9.79. The molecular formula is C25H39ClN2O8. The van der Waals surface area contributed by atoms with Gasteiger partial charge in [-0.1, -0.05) is 0 Å². The number of halogens is 1. The summed E-state index contributed by atoms with van der Waals surface area (Å²) in [5.74, 6) is 0.764. The molecule has 0 aromatic carbocycles. The summed E-state index contributed by atoms with van der Waals surface area (Å²) in [6.45, 7) is 10.9. The minimum Gasteiger partial charge on any atom is -0.454 e. The van der Waals surface area contributed by atoms with Crippen molar-refractivity contribution in [1.29, 1.82) is 0 Å². The fourth-order valence-corrected chi connectivity index (χ4v) is 5.00. The number of amides is 2. The van der Waals surface area contributed by atoms with E-state index >= 15 is 0 Å². The summed E-state index contributed by atoms with van der Waals surface area (Å²) in [7, 11) is 0. The third-order valence-electron chi connectivity index (χ3n) is 6.58. The van der Waals surface area contributed by atoms with Crippen LogP contribution in [0.5, 0.6) is 0 Å². The largest absolute Gasteiger partial charge is 0.454 e. The molecular weight excluding hydrogens is 492 g/mol. The lowest BCUT2D eigenvalue weighted by Crippen LogP contribution is -2.55. The third kappa shape index (κ3) is 8.64. The highest BCUT2D eigenvalue weighted by Crippen LogP contribution is 2.34. The molecule has 4 saturated heterocycles. The molecule has 6 rings (SSSR count). The van der Waals surface area contributed by atoms with Crippen LogP contribution in [0.3, 0.4) is 0 Å². The summed E-state index contributed by atoms with van der Waals surface area (Å²) in [6, 6.07) is 0.180. The number of ether oxygens (including phenoxy) is 3. The Labute approximate surface area is 217 Å². The number of Topliss-reactive ketones (excluding diaryl/α,β-unsaturated/α-hetero) is 2. The van der Waals surface area contributed by atoms with E-state index in [1.807, 2.05) is 20.8 Å². The van der Waals surface area contributed by atoms with Crippen LogP contribution < -0.4 is 0 Å². The van der Waals surface area contributed by atoms with Crippen LogP contribution in [-0.2, 0) is 23.8 Å². The first-order valence-electron chi connectivity index (χ1n) is 12.7. The molecule has 0 aromatic rings. The number of ketones is 2. The molecule has 204 valence electrons. The van der Waals surface area contributed by atoms with Crippen molar-refractivity contribution in [1.82, 2.24) is 9.80 Å².